The molecule has 0 fully saturated rings. The number of thiazole rings is 1. The molecule has 2 rings (SSSR count). The lowest BCUT2D eigenvalue weighted by atomic mass is 10.2. The molecule has 0 unspecified atom stereocenters. The average molecular weight is 329 g/mol. The summed E-state index contributed by atoms with van der Waals surface area (Å²) in [5.41, 5.74) is 1.72. The quantitative estimate of drug-likeness (QED) is 0.919. The van der Waals surface area contributed by atoms with Crippen molar-refractivity contribution in [2.24, 2.45) is 0 Å². The largest absolute Gasteiger partial charge is 0.308 e. The van der Waals surface area contributed by atoms with Crippen LogP contribution in [0.2, 0.25) is 0 Å². The van der Waals surface area contributed by atoms with Gasteiger partial charge >= 0.3 is 0 Å². The molecule has 18 heavy (non-hydrogen) atoms. The summed E-state index contributed by atoms with van der Waals surface area (Å²) >= 11 is 5.03. The van der Waals surface area contributed by atoms with Crippen LogP contribution in [0.5, 0.6) is 0 Å². The molecule has 5 heteroatoms. The fourth-order valence-electron chi connectivity index (χ4n) is 1.73. The number of aryl methyl sites for hydroxylation is 2. The van der Waals surface area contributed by atoms with Crippen molar-refractivity contribution < 1.29 is 4.39 Å². The first kappa shape index (κ1) is 13.6. The van der Waals surface area contributed by atoms with E-state index in [1.54, 1.807) is 23.5 Å². The Morgan fingerprint density at radius 1 is 1.33 bits per heavy atom. The van der Waals surface area contributed by atoms with Crippen LogP contribution < -0.4 is 5.32 Å². The first-order valence-corrected chi connectivity index (χ1v) is 7.25. The van der Waals surface area contributed by atoms with Gasteiger partial charge in [-0.25, -0.2) is 9.37 Å². The van der Waals surface area contributed by atoms with Crippen LogP contribution in [-0.2, 0) is 13.1 Å². The second-order valence-corrected chi connectivity index (χ2v) is 6.28. The average Bonchev–Trinajstić information content (AvgIpc) is 2.62. The number of rotatable bonds is 4. The lowest BCUT2D eigenvalue weighted by molar-refractivity contribution is 0.588. The third-order valence-electron chi connectivity index (χ3n) is 2.61. The maximum atomic E-state index is 13.5. The van der Waals surface area contributed by atoms with Crippen LogP contribution in [0.25, 0.3) is 0 Å². The van der Waals surface area contributed by atoms with Gasteiger partial charge in [0.2, 0.25) is 0 Å². The van der Waals surface area contributed by atoms with Crippen LogP contribution in [0.15, 0.2) is 22.7 Å². The van der Waals surface area contributed by atoms with Crippen molar-refractivity contribution in [1.82, 2.24) is 10.3 Å². The summed E-state index contributed by atoms with van der Waals surface area (Å²) in [7, 11) is 0. The molecule has 0 aliphatic heterocycles. The van der Waals surface area contributed by atoms with Gasteiger partial charge in [-0.2, -0.15) is 0 Å². The van der Waals surface area contributed by atoms with E-state index in [2.05, 4.69) is 26.2 Å². The highest BCUT2D eigenvalue weighted by atomic mass is 79.9. The third-order valence-corrected chi connectivity index (χ3v) is 4.17. The zero-order valence-electron chi connectivity index (χ0n) is 10.3. The van der Waals surface area contributed by atoms with Crippen LogP contribution in [0, 0.1) is 19.7 Å². The van der Waals surface area contributed by atoms with Crippen molar-refractivity contribution in [1.29, 1.82) is 0 Å². The molecule has 2 aromatic rings. The first-order valence-electron chi connectivity index (χ1n) is 5.64. The summed E-state index contributed by atoms with van der Waals surface area (Å²) < 4.78 is 14.4. The topological polar surface area (TPSA) is 24.9 Å². The number of nitrogens with zero attached hydrogens (tertiary/aromatic N) is 1. The molecule has 1 N–H and O–H groups in total. The highest BCUT2D eigenvalue weighted by molar-refractivity contribution is 9.10. The molecule has 0 aliphatic carbocycles. The van der Waals surface area contributed by atoms with Gasteiger partial charge in [-0.3, -0.25) is 0 Å². The lowest BCUT2D eigenvalue weighted by Gasteiger charge is -2.06. The molecule has 0 atom stereocenters. The van der Waals surface area contributed by atoms with Crippen LogP contribution in [0.1, 0.15) is 21.1 Å². The molecule has 0 aliphatic rings. The van der Waals surface area contributed by atoms with Crippen LogP contribution >= 0.6 is 27.3 Å². The number of aromatic nitrogens is 1. The summed E-state index contributed by atoms with van der Waals surface area (Å²) in [6.45, 7) is 5.24. The lowest BCUT2D eigenvalue weighted by Crippen LogP contribution is -2.13. The Balaban J connectivity index is 1.96. The van der Waals surface area contributed by atoms with E-state index in [-0.39, 0.29) is 5.82 Å². The summed E-state index contributed by atoms with van der Waals surface area (Å²) in [6.07, 6.45) is 0. The van der Waals surface area contributed by atoms with Crippen molar-refractivity contribution in [2.75, 3.05) is 0 Å². The fraction of sp³-hybridized carbons (Fsp3) is 0.308. The molecule has 0 saturated carbocycles. The fourth-order valence-corrected chi connectivity index (χ4v) is 3.04. The Bertz CT molecular complexity index is 554. The predicted molar refractivity (Wildman–Crippen MR) is 76.2 cm³/mol. The van der Waals surface area contributed by atoms with Gasteiger partial charge in [0.1, 0.15) is 5.82 Å². The van der Waals surface area contributed by atoms with Gasteiger partial charge in [0, 0.05) is 28.0 Å². The molecule has 0 spiro atoms. The van der Waals surface area contributed by atoms with Gasteiger partial charge in [0.15, 0.2) is 0 Å². The van der Waals surface area contributed by atoms with Crippen molar-refractivity contribution in [3.8, 4) is 0 Å². The van der Waals surface area contributed by atoms with E-state index < -0.39 is 0 Å². The number of benzene rings is 1. The van der Waals surface area contributed by atoms with Crippen molar-refractivity contribution in [3.63, 3.8) is 0 Å². The Kier molecular flexibility index (Phi) is 4.48. The van der Waals surface area contributed by atoms with E-state index in [9.17, 15) is 4.39 Å². The van der Waals surface area contributed by atoms with Crippen molar-refractivity contribution in [3.05, 3.63) is 49.6 Å². The highest BCUT2D eigenvalue weighted by Crippen LogP contribution is 2.18. The SMILES string of the molecule is Cc1nc(C)c(CNCc2cc(Br)ccc2F)s1. The normalized spacial score (nSPS) is 10.9. The highest BCUT2D eigenvalue weighted by Gasteiger charge is 2.06. The molecule has 1 aromatic carbocycles. The zero-order valence-corrected chi connectivity index (χ0v) is 12.7. The second-order valence-electron chi connectivity index (χ2n) is 4.08. The van der Waals surface area contributed by atoms with E-state index in [1.807, 2.05) is 13.8 Å². The Labute approximate surface area is 118 Å². The number of hydrogen-bond donors (Lipinski definition) is 1. The summed E-state index contributed by atoms with van der Waals surface area (Å²) in [5, 5.41) is 4.32. The smallest absolute Gasteiger partial charge is 0.127 e. The molecule has 0 saturated heterocycles. The third kappa shape index (κ3) is 3.37. The maximum Gasteiger partial charge on any atom is 0.127 e. The van der Waals surface area contributed by atoms with Crippen LogP contribution in [0.3, 0.4) is 0 Å². The molecule has 1 heterocycles. The summed E-state index contributed by atoms with van der Waals surface area (Å²) in [5.74, 6) is -0.178. The minimum atomic E-state index is -0.178. The molecule has 2 nitrogen and oxygen atoms in total. The van der Waals surface area contributed by atoms with Crippen LogP contribution in [-0.4, -0.2) is 4.98 Å². The molecule has 96 valence electrons. The van der Waals surface area contributed by atoms with Gasteiger partial charge in [-0.1, -0.05) is 15.9 Å². The zero-order chi connectivity index (χ0) is 13.1. The molecule has 0 amide bonds. The number of halogens is 2. The van der Waals surface area contributed by atoms with Gasteiger partial charge in [-0.15, -0.1) is 11.3 Å². The Hall–Kier alpha value is -0.780. The van der Waals surface area contributed by atoms with Crippen LogP contribution in [0.4, 0.5) is 4.39 Å². The summed E-state index contributed by atoms with van der Waals surface area (Å²) in [4.78, 5) is 5.58. The maximum absolute atomic E-state index is 13.5. The molecular weight excluding hydrogens is 315 g/mol. The van der Waals surface area contributed by atoms with Gasteiger partial charge in [-0.05, 0) is 32.0 Å². The minimum absolute atomic E-state index is 0.178. The molecule has 1 aromatic heterocycles. The minimum Gasteiger partial charge on any atom is -0.308 e. The van der Waals surface area contributed by atoms with E-state index in [0.29, 0.717) is 12.1 Å². The predicted octanol–water partition coefficient (Wildman–Crippen LogP) is 3.95. The van der Waals surface area contributed by atoms with Gasteiger partial charge in [0.05, 0.1) is 10.7 Å². The monoisotopic (exact) mass is 328 g/mol. The standard InChI is InChI=1S/C13H14BrFN2S/c1-8-13(18-9(2)17-8)7-16-6-10-5-11(14)3-4-12(10)15/h3-5,16H,6-7H2,1-2H3. The Morgan fingerprint density at radius 3 is 2.78 bits per heavy atom. The Morgan fingerprint density at radius 2 is 2.11 bits per heavy atom. The number of nitrogens with one attached hydrogen (secondary N) is 1. The van der Waals surface area contributed by atoms with Crippen molar-refractivity contribution >= 4 is 27.3 Å². The molecule has 0 radical (unpaired) electrons. The van der Waals surface area contributed by atoms with Gasteiger partial charge in [0.25, 0.3) is 0 Å². The van der Waals surface area contributed by atoms with Gasteiger partial charge < -0.3 is 5.32 Å². The van der Waals surface area contributed by atoms with E-state index in [0.717, 1.165) is 21.7 Å². The van der Waals surface area contributed by atoms with Crippen molar-refractivity contribution in [2.45, 2.75) is 26.9 Å². The molecular formula is C13H14BrFN2S. The second kappa shape index (κ2) is 5.91. The molecule has 0 bridgehead atoms. The summed E-state index contributed by atoms with van der Waals surface area (Å²) in [6, 6.07) is 4.98. The van der Waals surface area contributed by atoms with E-state index >= 15 is 0 Å². The number of hydrogen-bond acceptors (Lipinski definition) is 3. The van der Waals surface area contributed by atoms with E-state index in [4.69, 9.17) is 0 Å². The van der Waals surface area contributed by atoms with E-state index in [1.165, 1.54) is 10.9 Å². The first-order chi connectivity index (χ1) is 8.56.